The third kappa shape index (κ3) is 2.05. The number of phenolic OH excluding ortho intramolecular Hbond substituents is 1. The van der Waals surface area contributed by atoms with E-state index in [1.54, 1.807) is 0 Å². The number of carbonyl (C=O) groups is 1. The van der Waals surface area contributed by atoms with Gasteiger partial charge < -0.3 is 19.7 Å². The molecule has 0 saturated carbocycles. The molecule has 0 heterocycles. The molecule has 0 radical (unpaired) electrons. The van der Waals surface area contributed by atoms with Crippen molar-refractivity contribution in [2.45, 2.75) is 6.10 Å². The first-order chi connectivity index (χ1) is 6.60. The predicted octanol–water partition coefficient (Wildman–Crippen LogP) is 1.40. The van der Waals surface area contributed by atoms with E-state index in [4.69, 9.17) is 4.74 Å². The van der Waals surface area contributed by atoms with Gasteiger partial charge in [0, 0.05) is 5.56 Å². The summed E-state index contributed by atoms with van der Waals surface area (Å²) in [6.07, 6.45) is -1.00. The lowest BCUT2D eigenvalue weighted by Crippen LogP contribution is -1.99. The van der Waals surface area contributed by atoms with Crippen LogP contribution in [0.5, 0.6) is 11.5 Å². The lowest BCUT2D eigenvalue weighted by atomic mass is 10.1. The number of phenols is 1. The Morgan fingerprint density at radius 2 is 2.21 bits per heavy atom. The molecule has 0 fully saturated rings. The summed E-state index contributed by atoms with van der Waals surface area (Å²) in [5.41, 5.74) is 0.125. The standard InChI is InChI=1S/C9H9BrO4/c1-14-9-2-5(8(13)4-11)7(12)3-6(9)10/h2-4,8,12-13H,1H3. The number of rotatable bonds is 3. The van der Waals surface area contributed by atoms with Gasteiger partial charge in [0.1, 0.15) is 17.6 Å². The van der Waals surface area contributed by atoms with E-state index in [1.165, 1.54) is 19.2 Å². The van der Waals surface area contributed by atoms with Crippen LogP contribution in [0.2, 0.25) is 0 Å². The monoisotopic (exact) mass is 260 g/mol. The smallest absolute Gasteiger partial charge is 0.153 e. The van der Waals surface area contributed by atoms with Crippen molar-refractivity contribution in [2.24, 2.45) is 0 Å². The van der Waals surface area contributed by atoms with Crippen LogP contribution < -0.4 is 4.74 Å². The minimum absolute atomic E-state index is 0.125. The van der Waals surface area contributed by atoms with Crippen molar-refractivity contribution in [1.82, 2.24) is 0 Å². The van der Waals surface area contributed by atoms with Crippen LogP contribution in [0.4, 0.5) is 0 Å². The molecule has 0 aliphatic heterocycles. The highest BCUT2D eigenvalue weighted by molar-refractivity contribution is 9.10. The highest BCUT2D eigenvalue weighted by Gasteiger charge is 2.14. The zero-order valence-corrected chi connectivity index (χ0v) is 8.98. The Morgan fingerprint density at radius 3 is 2.71 bits per heavy atom. The summed E-state index contributed by atoms with van der Waals surface area (Å²) in [4.78, 5) is 10.3. The lowest BCUT2D eigenvalue weighted by Gasteiger charge is -2.10. The van der Waals surface area contributed by atoms with E-state index in [0.29, 0.717) is 16.5 Å². The molecule has 0 saturated heterocycles. The maximum Gasteiger partial charge on any atom is 0.153 e. The van der Waals surface area contributed by atoms with Gasteiger partial charge in [0.05, 0.1) is 11.6 Å². The maximum absolute atomic E-state index is 10.3. The number of hydrogen-bond acceptors (Lipinski definition) is 4. The molecule has 0 aliphatic carbocycles. The molecule has 5 heteroatoms. The fourth-order valence-electron chi connectivity index (χ4n) is 1.03. The molecule has 14 heavy (non-hydrogen) atoms. The lowest BCUT2D eigenvalue weighted by molar-refractivity contribution is -0.115. The van der Waals surface area contributed by atoms with E-state index in [0.717, 1.165) is 0 Å². The van der Waals surface area contributed by atoms with E-state index in [-0.39, 0.29) is 11.3 Å². The summed E-state index contributed by atoms with van der Waals surface area (Å²) in [5, 5.41) is 18.6. The topological polar surface area (TPSA) is 66.8 Å². The molecular formula is C9H9BrO4. The number of benzene rings is 1. The normalized spacial score (nSPS) is 12.2. The summed E-state index contributed by atoms with van der Waals surface area (Å²) in [6.45, 7) is 0. The van der Waals surface area contributed by atoms with Gasteiger partial charge in [-0.3, -0.25) is 0 Å². The van der Waals surface area contributed by atoms with Crippen molar-refractivity contribution < 1.29 is 19.7 Å². The second-order valence-electron chi connectivity index (χ2n) is 2.63. The van der Waals surface area contributed by atoms with E-state index in [9.17, 15) is 15.0 Å². The van der Waals surface area contributed by atoms with Crippen LogP contribution in [0, 0.1) is 0 Å². The van der Waals surface area contributed by atoms with Crippen molar-refractivity contribution in [1.29, 1.82) is 0 Å². The second kappa shape index (κ2) is 4.43. The molecule has 0 aliphatic rings. The Balaban J connectivity index is 3.23. The van der Waals surface area contributed by atoms with E-state index in [1.807, 2.05) is 0 Å². The minimum Gasteiger partial charge on any atom is -0.508 e. The molecule has 0 amide bonds. The number of aliphatic hydroxyl groups excluding tert-OH is 1. The average molecular weight is 261 g/mol. The number of halogens is 1. The molecule has 0 bridgehead atoms. The van der Waals surface area contributed by atoms with Crippen molar-refractivity contribution in [2.75, 3.05) is 7.11 Å². The highest BCUT2D eigenvalue weighted by Crippen LogP contribution is 2.34. The van der Waals surface area contributed by atoms with Crippen molar-refractivity contribution in [3.8, 4) is 11.5 Å². The molecule has 1 aromatic rings. The van der Waals surface area contributed by atoms with Crippen LogP contribution >= 0.6 is 15.9 Å². The van der Waals surface area contributed by atoms with E-state index < -0.39 is 6.10 Å². The Hall–Kier alpha value is -1.07. The van der Waals surface area contributed by atoms with E-state index >= 15 is 0 Å². The number of methoxy groups -OCH3 is 1. The largest absolute Gasteiger partial charge is 0.508 e. The Bertz CT molecular complexity index is 351. The van der Waals surface area contributed by atoms with Crippen LogP contribution in [0.1, 0.15) is 11.7 Å². The number of aldehydes is 1. The third-order valence-corrected chi connectivity index (χ3v) is 2.37. The van der Waals surface area contributed by atoms with Gasteiger partial charge in [-0.25, -0.2) is 0 Å². The van der Waals surface area contributed by atoms with Gasteiger partial charge in [-0.15, -0.1) is 0 Å². The summed E-state index contributed by atoms with van der Waals surface area (Å²) in [5.74, 6) is 0.288. The fourth-order valence-corrected chi connectivity index (χ4v) is 1.52. The van der Waals surface area contributed by atoms with Crippen LogP contribution in [0.25, 0.3) is 0 Å². The highest BCUT2D eigenvalue weighted by atomic mass is 79.9. The molecule has 1 aromatic carbocycles. The first-order valence-corrected chi connectivity index (χ1v) is 4.59. The zero-order chi connectivity index (χ0) is 10.7. The Morgan fingerprint density at radius 1 is 1.57 bits per heavy atom. The first kappa shape index (κ1) is 11.0. The predicted molar refractivity (Wildman–Crippen MR) is 53.4 cm³/mol. The molecule has 0 spiro atoms. The molecule has 76 valence electrons. The second-order valence-corrected chi connectivity index (χ2v) is 3.48. The van der Waals surface area contributed by atoms with Crippen LogP contribution in [0.3, 0.4) is 0 Å². The SMILES string of the molecule is COc1cc(C(O)C=O)c(O)cc1Br. The van der Waals surface area contributed by atoms with Crippen molar-refractivity contribution >= 4 is 22.2 Å². The molecule has 4 nitrogen and oxygen atoms in total. The molecule has 0 aromatic heterocycles. The maximum atomic E-state index is 10.3. The quantitative estimate of drug-likeness (QED) is 0.807. The van der Waals surface area contributed by atoms with Gasteiger partial charge in [0.15, 0.2) is 6.29 Å². The fraction of sp³-hybridized carbons (Fsp3) is 0.222. The zero-order valence-electron chi connectivity index (χ0n) is 7.40. The Kier molecular flexibility index (Phi) is 3.49. The summed E-state index contributed by atoms with van der Waals surface area (Å²) >= 11 is 3.16. The summed E-state index contributed by atoms with van der Waals surface area (Å²) < 4.78 is 5.51. The number of aliphatic hydroxyl groups is 1. The molecule has 2 N–H and O–H groups in total. The van der Waals surface area contributed by atoms with Gasteiger partial charge in [-0.2, -0.15) is 0 Å². The van der Waals surface area contributed by atoms with Gasteiger partial charge in [-0.05, 0) is 28.1 Å². The van der Waals surface area contributed by atoms with Gasteiger partial charge >= 0.3 is 0 Å². The van der Waals surface area contributed by atoms with E-state index in [2.05, 4.69) is 15.9 Å². The minimum atomic E-state index is -1.34. The third-order valence-electron chi connectivity index (χ3n) is 1.75. The van der Waals surface area contributed by atoms with Gasteiger partial charge in [0.25, 0.3) is 0 Å². The van der Waals surface area contributed by atoms with Gasteiger partial charge in [-0.1, -0.05) is 0 Å². The first-order valence-electron chi connectivity index (χ1n) is 3.80. The number of ether oxygens (including phenoxy) is 1. The van der Waals surface area contributed by atoms with Crippen molar-refractivity contribution in [3.05, 3.63) is 22.2 Å². The van der Waals surface area contributed by atoms with Crippen LogP contribution in [0.15, 0.2) is 16.6 Å². The molecule has 1 atom stereocenters. The average Bonchev–Trinajstić information content (AvgIpc) is 2.17. The number of hydrogen-bond donors (Lipinski definition) is 2. The van der Waals surface area contributed by atoms with Crippen LogP contribution in [-0.4, -0.2) is 23.6 Å². The van der Waals surface area contributed by atoms with Crippen molar-refractivity contribution in [3.63, 3.8) is 0 Å². The summed E-state index contributed by atoms with van der Waals surface area (Å²) in [6, 6.07) is 2.76. The van der Waals surface area contributed by atoms with Gasteiger partial charge in [0.2, 0.25) is 0 Å². The number of aromatic hydroxyl groups is 1. The molecule has 1 rings (SSSR count). The molecule has 1 unspecified atom stereocenters. The van der Waals surface area contributed by atoms with Crippen LogP contribution in [-0.2, 0) is 4.79 Å². The molecular weight excluding hydrogens is 252 g/mol. The Labute approximate surface area is 89.3 Å². The summed E-state index contributed by atoms with van der Waals surface area (Å²) in [7, 11) is 1.45. The number of carbonyl (C=O) groups excluding carboxylic acids is 1.